The van der Waals surface area contributed by atoms with Crippen LogP contribution in [0.15, 0.2) is 40.9 Å². The van der Waals surface area contributed by atoms with Crippen LogP contribution in [0.2, 0.25) is 0 Å². The highest BCUT2D eigenvalue weighted by molar-refractivity contribution is 9.10. The van der Waals surface area contributed by atoms with E-state index in [1.807, 2.05) is 12.1 Å². The highest BCUT2D eigenvalue weighted by atomic mass is 79.9. The van der Waals surface area contributed by atoms with E-state index < -0.39 is 29.1 Å². The van der Waals surface area contributed by atoms with Gasteiger partial charge in [-0.3, -0.25) is 10.1 Å². The molecule has 0 saturated carbocycles. The zero-order valence-corrected chi connectivity index (χ0v) is 18.8. The molecular weight excluding hydrogens is 534 g/mol. The van der Waals surface area contributed by atoms with Crippen LogP contribution < -0.4 is 5.32 Å². The number of thiazole rings is 1. The molecule has 3 rings (SSSR count). The van der Waals surface area contributed by atoms with Crippen molar-refractivity contribution in [1.29, 1.82) is 0 Å². The predicted octanol–water partition coefficient (Wildman–Crippen LogP) is 5.78. The first-order valence-corrected chi connectivity index (χ1v) is 10.8. The first-order valence-electron chi connectivity index (χ1n) is 8.05. The van der Waals surface area contributed by atoms with E-state index in [9.17, 15) is 18.4 Å². The zero-order valence-electron chi connectivity index (χ0n) is 14.8. The van der Waals surface area contributed by atoms with Gasteiger partial charge in [0.25, 0.3) is 5.91 Å². The second-order valence-electron chi connectivity index (χ2n) is 5.67. The lowest BCUT2D eigenvalue weighted by Gasteiger charge is -2.07. The minimum absolute atomic E-state index is 0.00792. The molecule has 0 saturated heterocycles. The molecule has 0 aliphatic carbocycles. The van der Waals surface area contributed by atoms with Crippen molar-refractivity contribution < 1.29 is 23.1 Å². The van der Waals surface area contributed by atoms with E-state index in [0.717, 1.165) is 39.6 Å². The van der Waals surface area contributed by atoms with Gasteiger partial charge in [0, 0.05) is 9.80 Å². The smallest absolute Gasteiger partial charge is 0.358 e. The molecule has 150 valence electrons. The number of methoxy groups -OCH3 is 1. The van der Waals surface area contributed by atoms with Gasteiger partial charge in [-0.25, -0.2) is 18.6 Å². The largest absolute Gasteiger partial charge is 0.464 e. The number of ether oxygens (including phenoxy) is 1. The number of hydrogen-bond acceptors (Lipinski definition) is 5. The number of nitrogens with one attached hydrogen (secondary N) is 1. The van der Waals surface area contributed by atoms with E-state index >= 15 is 0 Å². The minimum Gasteiger partial charge on any atom is -0.464 e. The summed E-state index contributed by atoms with van der Waals surface area (Å²) in [5, 5.41) is 2.88. The maximum Gasteiger partial charge on any atom is 0.358 e. The van der Waals surface area contributed by atoms with Crippen LogP contribution in [-0.4, -0.2) is 24.0 Å². The molecule has 29 heavy (non-hydrogen) atoms. The first kappa shape index (κ1) is 21.5. The Labute approximate surface area is 185 Å². The number of carbonyl (C=O) groups is 2. The van der Waals surface area contributed by atoms with E-state index in [4.69, 9.17) is 4.74 Å². The third kappa shape index (κ3) is 4.54. The molecule has 0 aliphatic heterocycles. The highest BCUT2D eigenvalue weighted by Crippen LogP contribution is 2.38. The van der Waals surface area contributed by atoms with Crippen LogP contribution in [-0.2, 0) is 10.1 Å². The van der Waals surface area contributed by atoms with E-state index in [1.54, 1.807) is 6.07 Å². The summed E-state index contributed by atoms with van der Waals surface area (Å²) in [5.41, 5.74) is 0.835. The lowest BCUT2D eigenvalue weighted by molar-refractivity contribution is 0.0595. The zero-order chi connectivity index (χ0) is 21.1. The van der Waals surface area contributed by atoms with Gasteiger partial charge in [-0.1, -0.05) is 55.3 Å². The number of amides is 1. The molecule has 0 spiro atoms. The summed E-state index contributed by atoms with van der Waals surface area (Å²) in [6.07, 6.45) is 0. The lowest BCUT2D eigenvalue weighted by Crippen LogP contribution is -2.16. The fourth-order valence-electron chi connectivity index (χ4n) is 2.54. The molecule has 0 aliphatic rings. The maximum atomic E-state index is 13.9. The Morgan fingerprint density at radius 3 is 2.52 bits per heavy atom. The Morgan fingerprint density at radius 1 is 1.21 bits per heavy atom. The van der Waals surface area contributed by atoms with Gasteiger partial charge in [0.05, 0.1) is 12.0 Å². The molecular formula is C19H12Br2F2N2O3S. The molecule has 5 nitrogen and oxygen atoms in total. The topological polar surface area (TPSA) is 68.3 Å². The summed E-state index contributed by atoms with van der Waals surface area (Å²) in [5.74, 6) is -3.70. The number of hydrogen-bond donors (Lipinski definition) is 1. The van der Waals surface area contributed by atoms with Gasteiger partial charge in [-0.05, 0) is 35.4 Å². The van der Waals surface area contributed by atoms with Crippen LogP contribution in [0.5, 0.6) is 0 Å². The lowest BCUT2D eigenvalue weighted by atomic mass is 10.1. The number of aromatic nitrogens is 1. The van der Waals surface area contributed by atoms with Crippen molar-refractivity contribution in [2.45, 2.75) is 5.33 Å². The van der Waals surface area contributed by atoms with E-state index in [2.05, 4.69) is 42.2 Å². The molecule has 3 aromatic rings. The second-order valence-corrected chi connectivity index (χ2v) is 8.15. The van der Waals surface area contributed by atoms with E-state index in [-0.39, 0.29) is 10.8 Å². The van der Waals surface area contributed by atoms with Crippen LogP contribution in [0, 0.1) is 11.6 Å². The van der Waals surface area contributed by atoms with E-state index in [0.29, 0.717) is 15.8 Å². The molecule has 10 heteroatoms. The molecule has 1 aromatic heterocycles. The number of anilines is 1. The van der Waals surface area contributed by atoms with Crippen LogP contribution in [0.1, 0.15) is 26.4 Å². The number of halogens is 4. The number of rotatable bonds is 5. The average Bonchev–Trinajstić information content (AvgIpc) is 3.10. The van der Waals surface area contributed by atoms with Gasteiger partial charge < -0.3 is 4.74 Å². The quantitative estimate of drug-likeness (QED) is 0.326. The first-order chi connectivity index (χ1) is 13.8. The number of esters is 1. The molecule has 0 radical (unpaired) electrons. The Kier molecular flexibility index (Phi) is 6.76. The van der Waals surface area contributed by atoms with E-state index in [1.165, 1.54) is 7.11 Å². The molecule has 1 amide bonds. The van der Waals surface area contributed by atoms with Gasteiger partial charge in [-0.2, -0.15) is 0 Å². The Hall–Kier alpha value is -2.17. The Balaban J connectivity index is 2.06. The number of carbonyl (C=O) groups excluding carboxylic acids is 2. The van der Waals surface area contributed by atoms with Gasteiger partial charge in [0.2, 0.25) is 0 Å². The summed E-state index contributed by atoms with van der Waals surface area (Å²) in [6.45, 7) is 0. The SMILES string of the molecule is COC(=O)c1nc(NC(=O)c2c(F)cccc2F)sc1-c1cc(Br)ccc1CBr. The van der Waals surface area contributed by atoms with Crippen LogP contribution in [0.3, 0.4) is 0 Å². The van der Waals surface area contributed by atoms with Gasteiger partial charge >= 0.3 is 5.97 Å². The Bertz CT molecular complexity index is 1080. The molecule has 0 bridgehead atoms. The predicted molar refractivity (Wildman–Crippen MR) is 114 cm³/mol. The third-order valence-electron chi connectivity index (χ3n) is 3.88. The van der Waals surface area contributed by atoms with Crippen molar-refractivity contribution in [3.8, 4) is 10.4 Å². The van der Waals surface area contributed by atoms with Crippen LogP contribution >= 0.6 is 43.2 Å². The maximum absolute atomic E-state index is 13.9. The highest BCUT2D eigenvalue weighted by Gasteiger charge is 2.24. The van der Waals surface area contributed by atoms with Crippen molar-refractivity contribution in [1.82, 2.24) is 4.98 Å². The van der Waals surface area contributed by atoms with Crippen molar-refractivity contribution in [2.75, 3.05) is 12.4 Å². The molecule has 1 N–H and O–H groups in total. The van der Waals surface area contributed by atoms with Crippen molar-refractivity contribution in [3.63, 3.8) is 0 Å². The monoisotopic (exact) mass is 544 g/mol. The van der Waals surface area contributed by atoms with Crippen LogP contribution in [0.4, 0.5) is 13.9 Å². The summed E-state index contributed by atoms with van der Waals surface area (Å²) >= 11 is 7.80. The number of benzene rings is 2. The summed E-state index contributed by atoms with van der Waals surface area (Å²) in [4.78, 5) is 29.2. The van der Waals surface area contributed by atoms with Gasteiger partial charge in [0.1, 0.15) is 17.2 Å². The third-order valence-corrected chi connectivity index (χ3v) is 5.98. The van der Waals surface area contributed by atoms with Crippen molar-refractivity contribution >= 4 is 60.2 Å². The van der Waals surface area contributed by atoms with Crippen LogP contribution in [0.25, 0.3) is 10.4 Å². The van der Waals surface area contributed by atoms with Crippen molar-refractivity contribution in [3.05, 3.63) is 69.3 Å². The fourth-order valence-corrected chi connectivity index (χ4v) is 4.39. The minimum atomic E-state index is -1.01. The number of alkyl halides is 1. The normalized spacial score (nSPS) is 10.7. The molecule has 0 unspecified atom stereocenters. The Morgan fingerprint density at radius 2 is 1.90 bits per heavy atom. The number of nitrogens with zero attached hydrogens (tertiary/aromatic N) is 1. The van der Waals surface area contributed by atoms with Crippen molar-refractivity contribution in [2.24, 2.45) is 0 Å². The summed E-state index contributed by atoms with van der Waals surface area (Å²) in [7, 11) is 1.21. The molecule has 0 atom stereocenters. The average molecular weight is 546 g/mol. The standard InChI is InChI=1S/C19H12Br2F2N2O3S/c1-28-18(27)15-16(11-7-10(21)6-5-9(11)8-20)29-19(24-15)25-17(26)14-12(22)3-2-4-13(14)23/h2-7H,8H2,1H3,(H,24,25,26). The molecule has 2 aromatic carbocycles. The fraction of sp³-hybridized carbons (Fsp3) is 0.105. The molecule has 0 fully saturated rings. The second kappa shape index (κ2) is 9.10. The summed E-state index contributed by atoms with van der Waals surface area (Å²) < 4.78 is 33.3. The van der Waals surface area contributed by atoms with Gasteiger partial charge in [0.15, 0.2) is 10.8 Å². The molecule has 1 heterocycles. The summed E-state index contributed by atoms with van der Waals surface area (Å²) in [6, 6.07) is 8.64. The van der Waals surface area contributed by atoms with Gasteiger partial charge in [-0.15, -0.1) is 0 Å².